The minimum atomic E-state index is 0.833. The van der Waals surface area contributed by atoms with Gasteiger partial charge in [-0.2, -0.15) is 0 Å². The van der Waals surface area contributed by atoms with Gasteiger partial charge in [-0.1, -0.05) is 20.8 Å². The van der Waals surface area contributed by atoms with Crippen molar-refractivity contribution in [3.8, 4) is 0 Å². The highest BCUT2D eigenvalue weighted by molar-refractivity contribution is 4.60. The van der Waals surface area contributed by atoms with Crippen molar-refractivity contribution in [1.82, 2.24) is 10.2 Å². The maximum absolute atomic E-state index is 3.34. The second-order valence-electron chi connectivity index (χ2n) is 4.14. The van der Waals surface area contributed by atoms with Gasteiger partial charge >= 0.3 is 0 Å². The molecule has 1 aliphatic heterocycles. The van der Waals surface area contributed by atoms with Crippen molar-refractivity contribution in [3.05, 3.63) is 0 Å². The van der Waals surface area contributed by atoms with Crippen LogP contribution in [-0.4, -0.2) is 38.1 Å². The maximum atomic E-state index is 3.34. The van der Waals surface area contributed by atoms with Crippen LogP contribution < -0.4 is 5.32 Å². The predicted molar refractivity (Wildman–Crippen MR) is 55.5 cm³/mol. The smallest absolute Gasteiger partial charge is 0.0104 e. The summed E-state index contributed by atoms with van der Waals surface area (Å²) < 4.78 is 0. The molecular weight excluding hydrogens is 148 g/mol. The molecule has 0 radical (unpaired) electrons. The Labute approximate surface area is 77.3 Å². The summed E-state index contributed by atoms with van der Waals surface area (Å²) in [6.45, 7) is 11.3. The van der Waals surface area contributed by atoms with Crippen LogP contribution in [0.15, 0.2) is 0 Å². The van der Waals surface area contributed by atoms with Crippen LogP contribution in [0.1, 0.15) is 27.2 Å². The fraction of sp³-hybridized carbons (Fsp3) is 1.00. The molecule has 0 atom stereocenters. The average molecular weight is 172 g/mol. The Morgan fingerprint density at radius 3 is 2.25 bits per heavy atom. The Kier molecular flexibility index (Phi) is 7.51. The Morgan fingerprint density at radius 1 is 1.08 bits per heavy atom. The molecule has 0 bridgehead atoms. The van der Waals surface area contributed by atoms with Gasteiger partial charge in [0.05, 0.1) is 0 Å². The van der Waals surface area contributed by atoms with E-state index in [1.165, 1.54) is 26.1 Å². The Bertz CT molecular complexity index is 81.1. The van der Waals surface area contributed by atoms with Crippen LogP contribution in [0.5, 0.6) is 0 Å². The summed E-state index contributed by atoms with van der Waals surface area (Å²) in [5.41, 5.74) is 0. The van der Waals surface area contributed by atoms with Gasteiger partial charge in [0.1, 0.15) is 0 Å². The molecule has 12 heavy (non-hydrogen) atoms. The lowest BCUT2D eigenvalue weighted by atomic mass is 10.3. The van der Waals surface area contributed by atoms with Gasteiger partial charge in [0.15, 0.2) is 0 Å². The molecule has 2 heteroatoms. The Morgan fingerprint density at radius 2 is 1.67 bits per heavy atom. The molecule has 1 fully saturated rings. The molecule has 1 saturated heterocycles. The van der Waals surface area contributed by atoms with Crippen LogP contribution in [0.3, 0.4) is 0 Å². The quantitative estimate of drug-likeness (QED) is 0.597. The monoisotopic (exact) mass is 172 g/mol. The zero-order valence-electron chi connectivity index (χ0n) is 9.06. The molecule has 0 amide bonds. The molecule has 1 rings (SSSR count). The van der Waals surface area contributed by atoms with Crippen LogP contribution in [0.25, 0.3) is 0 Å². The van der Waals surface area contributed by atoms with Gasteiger partial charge in [0, 0.05) is 13.1 Å². The van der Waals surface area contributed by atoms with Gasteiger partial charge in [0.25, 0.3) is 0 Å². The summed E-state index contributed by atoms with van der Waals surface area (Å²) in [7, 11) is 2.17. The molecule has 1 N–H and O–H groups in total. The van der Waals surface area contributed by atoms with Gasteiger partial charge in [-0.05, 0) is 32.5 Å². The minimum Gasteiger partial charge on any atom is -0.315 e. The fourth-order valence-electron chi connectivity index (χ4n) is 0.981. The molecule has 74 valence electrons. The lowest BCUT2D eigenvalue weighted by Gasteiger charge is -2.09. The molecular formula is C10H24N2. The number of rotatable bonds is 0. The predicted octanol–water partition coefficient (Wildman–Crippen LogP) is 1.57. The van der Waals surface area contributed by atoms with Gasteiger partial charge in [-0.25, -0.2) is 0 Å². The number of hydrogen-bond acceptors (Lipinski definition) is 2. The molecule has 0 unspecified atom stereocenters. The third-order valence-electron chi connectivity index (χ3n) is 1.56. The van der Waals surface area contributed by atoms with Crippen LogP contribution in [0.2, 0.25) is 0 Å². The van der Waals surface area contributed by atoms with E-state index in [1.807, 2.05) is 0 Å². The first kappa shape index (κ1) is 11.9. The summed E-state index contributed by atoms with van der Waals surface area (Å²) in [5, 5.41) is 3.34. The first-order valence-corrected chi connectivity index (χ1v) is 5.02. The number of likely N-dealkylation sites (N-methyl/N-ethyl adjacent to an activating group) is 1. The van der Waals surface area contributed by atoms with Crippen molar-refractivity contribution in [2.24, 2.45) is 5.92 Å². The van der Waals surface area contributed by atoms with E-state index in [1.54, 1.807) is 0 Å². The van der Waals surface area contributed by atoms with E-state index in [0.717, 1.165) is 12.5 Å². The summed E-state index contributed by atoms with van der Waals surface area (Å²) >= 11 is 0. The van der Waals surface area contributed by atoms with E-state index in [2.05, 4.69) is 38.0 Å². The normalized spacial score (nSPS) is 19.8. The van der Waals surface area contributed by atoms with Crippen LogP contribution in [-0.2, 0) is 0 Å². The Balaban J connectivity index is 0.000000261. The molecule has 0 spiro atoms. The fourth-order valence-corrected chi connectivity index (χ4v) is 0.981. The topological polar surface area (TPSA) is 15.3 Å². The van der Waals surface area contributed by atoms with Crippen molar-refractivity contribution in [2.75, 3.05) is 33.2 Å². The summed E-state index contributed by atoms with van der Waals surface area (Å²) in [6, 6.07) is 0. The number of hydrogen-bond donors (Lipinski definition) is 1. The van der Waals surface area contributed by atoms with E-state index in [4.69, 9.17) is 0 Å². The third-order valence-corrected chi connectivity index (χ3v) is 1.56. The number of nitrogens with zero attached hydrogens (tertiary/aromatic N) is 1. The average Bonchev–Trinajstić information content (AvgIpc) is 2.14. The highest BCUT2D eigenvalue weighted by Crippen LogP contribution is 1.88. The van der Waals surface area contributed by atoms with E-state index in [0.29, 0.717) is 0 Å². The van der Waals surface area contributed by atoms with Crippen LogP contribution >= 0.6 is 0 Å². The first-order chi connectivity index (χ1) is 5.63. The lowest BCUT2D eigenvalue weighted by molar-refractivity contribution is 0.358. The zero-order chi connectivity index (χ0) is 9.40. The molecule has 0 aromatic carbocycles. The second-order valence-corrected chi connectivity index (χ2v) is 4.14. The van der Waals surface area contributed by atoms with Gasteiger partial charge < -0.3 is 10.2 Å². The highest BCUT2D eigenvalue weighted by Gasteiger charge is 2.00. The van der Waals surface area contributed by atoms with Gasteiger partial charge in [-0.3, -0.25) is 0 Å². The van der Waals surface area contributed by atoms with Crippen molar-refractivity contribution in [3.63, 3.8) is 0 Å². The van der Waals surface area contributed by atoms with E-state index in [-0.39, 0.29) is 0 Å². The van der Waals surface area contributed by atoms with Crippen molar-refractivity contribution >= 4 is 0 Å². The molecule has 2 nitrogen and oxygen atoms in total. The van der Waals surface area contributed by atoms with Crippen molar-refractivity contribution in [2.45, 2.75) is 27.2 Å². The summed E-state index contributed by atoms with van der Waals surface area (Å²) in [4.78, 5) is 2.36. The number of nitrogens with one attached hydrogen (secondary N) is 1. The van der Waals surface area contributed by atoms with Crippen molar-refractivity contribution in [1.29, 1.82) is 0 Å². The molecule has 0 aromatic rings. The highest BCUT2D eigenvalue weighted by atomic mass is 15.1. The summed E-state index contributed by atoms with van der Waals surface area (Å²) in [6.07, 6.45) is 1.30. The largest absolute Gasteiger partial charge is 0.315 e. The van der Waals surface area contributed by atoms with E-state index >= 15 is 0 Å². The van der Waals surface area contributed by atoms with Crippen LogP contribution in [0.4, 0.5) is 0 Å². The SMILES string of the molecule is CC(C)C.CN1CCCNCC1. The lowest BCUT2D eigenvalue weighted by Crippen LogP contribution is -2.23. The third kappa shape index (κ3) is 9.92. The first-order valence-electron chi connectivity index (χ1n) is 5.02. The minimum absolute atomic E-state index is 0.833. The van der Waals surface area contributed by atoms with Crippen LogP contribution in [0, 0.1) is 5.92 Å². The Hall–Kier alpha value is -0.0800. The van der Waals surface area contributed by atoms with Gasteiger partial charge in [0.2, 0.25) is 0 Å². The molecule has 0 aromatic heterocycles. The zero-order valence-corrected chi connectivity index (χ0v) is 9.06. The second kappa shape index (κ2) is 7.56. The summed E-state index contributed by atoms with van der Waals surface area (Å²) in [5.74, 6) is 0.833. The molecule has 1 heterocycles. The van der Waals surface area contributed by atoms with E-state index < -0.39 is 0 Å². The molecule has 1 aliphatic rings. The van der Waals surface area contributed by atoms with Gasteiger partial charge in [-0.15, -0.1) is 0 Å². The maximum Gasteiger partial charge on any atom is 0.0104 e. The van der Waals surface area contributed by atoms with E-state index in [9.17, 15) is 0 Å². The van der Waals surface area contributed by atoms with Crippen molar-refractivity contribution < 1.29 is 0 Å². The molecule has 0 aliphatic carbocycles. The standard InChI is InChI=1S/C6H14N2.C4H10/c1-8-5-2-3-7-4-6-8;1-4(2)3/h7H,2-6H2,1H3;4H,1-3H3. The molecule has 0 saturated carbocycles.